The molecule has 0 bridgehead atoms. The van der Waals surface area contributed by atoms with Gasteiger partial charge in [0.15, 0.2) is 0 Å². The summed E-state index contributed by atoms with van der Waals surface area (Å²) in [6, 6.07) is 9.98. The van der Waals surface area contributed by atoms with Gasteiger partial charge in [-0.1, -0.05) is 18.2 Å². The predicted octanol–water partition coefficient (Wildman–Crippen LogP) is 2.15. The smallest absolute Gasteiger partial charge is 0.122 e. The van der Waals surface area contributed by atoms with Crippen LogP contribution >= 0.6 is 0 Å². The summed E-state index contributed by atoms with van der Waals surface area (Å²) in [6.45, 7) is 2.06. The molecule has 100 valence electrons. The van der Waals surface area contributed by atoms with Crippen LogP contribution in [0.4, 0.5) is 0 Å². The zero-order valence-electron chi connectivity index (χ0n) is 11.3. The molecule has 0 radical (unpaired) electrons. The van der Waals surface area contributed by atoms with Crippen molar-refractivity contribution in [2.24, 2.45) is 5.84 Å². The number of ether oxygens (including phenoxy) is 1. The fourth-order valence-electron chi connectivity index (χ4n) is 2.19. The number of methoxy groups -OCH3 is 1. The van der Waals surface area contributed by atoms with Crippen LogP contribution in [0.15, 0.2) is 42.7 Å². The fraction of sp³-hybridized carbons (Fsp3) is 0.267. The van der Waals surface area contributed by atoms with E-state index in [9.17, 15) is 0 Å². The molecule has 0 fully saturated rings. The van der Waals surface area contributed by atoms with E-state index in [1.807, 2.05) is 30.5 Å². The van der Waals surface area contributed by atoms with Gasteiger partial charge < -0.3 is 4.74 Å². The van der Waals surface area contributed by atoms with Crippen molar-refractivity contribution in [3.05, 3.63) is 59.4 Å². The zero-order valence-corrected chi connectivity index (χ0v) is 11.3. The second-order valence-corrected chi connectivity index (χ2v) is 4.47. The number of hydrogen-bond donors (Lipinski definition) is 2. The van der Waals surface area contributed by atoms with E-state index in [4.69, 9.17) is 10.6 Å². The molecule has 19 heavy (non-hydrogen) atoms. The molecular weight excluding hydrogens is 238 g/mol. The topological polar surface area (TPSA) is 60.2 Å². The Morgan fingerprint density at radius 3 is 2.79 bits per heavy atom. The molecule has 4 nitrogen and oxygen atoms in total. The molecule has 0 aliphatic carbocycles. The monoisotopic (exact) mass is 257 g/mol. The van der Waals surface area contributed by atoms with Gasteiger partial charge >= 0.3 is 0 Å². The number of para-hydroxylation sites is 1. The number of aromatic nitrogens is 1. The van der Waals surface area contributed by atoms with Gasteiger partial charge in [-0.05, 0) is 42.2 Å². The summed E-state index contributed by atoms with van der Waals surface area (Å²) in [5, 5.41) is 0. The molecule has 0 amide bonds. The van der Waals surface area contributed by atoms with Gasteiger partial charge in [-0.2, -0.15) is 0 Å². The summed E-state index contributed by atoms with van der Waals surface area (Å²) in [6.07, 6.45) is 4.40. The van der Waals surface area contributed by atoms with Crippen LogP contribution in [0, 0.1) is 6.92 Å². The van der Waals surface area contributed by atoms with Gasteiger partial charge in [0.25, 0.3) is 0 Å². The second kappa shape index (κ2) is 6.31. The van der Waals surface area contributed by atoms with Crippen molar-refractivity contribution in [2.45, 2.75) is 19.4 Å². The van der Waals surface area contributed by atoms with E-state index in [0.717, 1.165) is 23.3 Å². The number of nitrogens with zero attached hydrogens (tertiary/aromatic N) is 1. The fourth-order valence-corrected chi connectivity index (χ4v) is 2.19. The Morgan fingerprint density at radius 1 is 1.32 bits per heavy atom. The van der Waals surface area contributed by atoms with Crippen molar-refractivity contribution in [1.82, 2.24) is 10.4 Å². The minimum absolute atomic E-state index is 0.0185. The maximum atomic E-state index is 5.69. The highest BCUT2D eigenvalue weighted by atomic mass is 16.5. The molecular formula is C15H19N3O. The number of pyridine rings is 1. The van der Waals surface area contributed by atoms with Crippen LogP contribution in [-0.2, 0) is 6.42 Å². The quantitative estimate of drug-likeness (QED) is 0.636. The van der Waals surface area contributed by atoms with Crippen LogP contribution in [0.25, 0.3) is 0 Å². The SMILES string of the molecule is COc1ccccc1CC(NN)c1cnccc1C. The Bertz CT molecular complexity index is 542. The minimum Gasteiger partial charge on any atom is -0.496 e. The van der Waals surface area contributed by atoms with Crippen molar-refractivity contribution in [3.63, 3.8) is 0 Å². The number of nitrogens with one attached hydrogen (secondary N) is 1. The van der Waals surface area contributed by atoms with E-state index in [-0.39, 0.29) is 6.04 Å². The van der Waals surface area contributed by atoms with Crippen molar-refractivity contribution >= 4 is 0 Å². The Labute approximate surface area is 113 Å². The summed E-state index contributed by atoms with van der Waals surface area (Å²) < 4.78 is 5.37. The van der Waals surface area contributed by atoms with Crippen LogP contribution < -0.4 is 16.0 Å². The Kier molecular flexibility index (Phi) is 4.49. The molecule has 1 aromatic heterocycles. The third-order valence-electron chi connectivity index (χ3n) is 3.27. The standard InChI is InChI=1S/C15H19N3O/c1-11-7-8-17-10-13(11)14(18-16)9-12-5-3-4-6-15(12)19-2/h3-8,10,14,18H,9,16H2,1-2H3. The summed E-state index contributed by atoms with van der Waals surface area (Å²) in [7, 11) is 1.68. The van der Waals surface area contributed by atoms with Crippen molar-refractivity contribution in [3.8, 4) is 5.75 Å². The highest BCUT2D eigenvalue weighted by Gasteiger charge is 2.15. The van der Waals surface area contributed by atoms with E-state index in [1.54, 1.807) is 13.3 Å². The first-order valence-electron chi connectivity index (χ1n) is 6.24. The van der Waals surface area contributed by atoms with Gasteiger partial charge in [0, 0.05) is 12.4 Å². The maximum absolute atomic E-state index is 5.69. The lowest BCUT2D eigenvalue weighted by Gasteiger charge is -2.19. The van der Waals surface area contributed by atoms with Gasteiger partial charge in [0.1, 0.15) is 5.75 Å². The molecule has 0 aliphatic heterocycles. The molecule has 0 spiro atoms. The predicted molar refractivity (Wildman–Crippen MR) is 75.7 cm³/mol. The molecule has 1 aromatic carbocycles. The van der Waals surface area contributed by atoms with Crippen LogP contribution in [-0.4, -0.2) is 12.1 Å². The minimum atomic E-state index is 0.0185. The number of hydrogen-bond acceptors (Lipinski definition) is 4. The van der Waals surface area contributed by atoms with E-state index in [0.29, 0.717) is 0 Å². The Balaban J connectivity index is 2.27. The third kappa shape index (κ3) is 3.10. The normalized spacial score (nSPS) is 12.2. The van der Waals surface area contributed by atoms with Crippen LogP contribution in [0.5, 0.6) is 5.75 Å². The van der Waals surface area contributed by atoms with Gasteiger partial charge in [0.2, 0.25) is 0 Å². The average Bonchev–Trinajstić information content (AvgIpc) is 2.46. The molecule has 0 saturated carbocycles. The first kappa shape index (κ1) is 13.5. The number of nitrogens with two attached hydrogens (primary N) is 1. The van der Waals surface area contributed by atoms with E-state index < -0.39 is 0 Å². The Morgan fingerprint density at radius 2 is 2.11 bits per heavy atom. The summed E-state index contributed by atoms with van der Waals surface area (Å²) in [4.78, 5) is 4.17. The van der Waals surface area contributed by atoms with Crippen molar-refractivity contribution < 1.29 is 4.74 Å². The lowest BCUT2D eigenvalue weighted by molar-refractivity contribution is 0.405. The molecule has 4 heteroatoms. The van der Waals surface area contributed by atoms with E-state index in [2.05, 4.69) is 23.4 Å². The van der Waals surface area contributed by atoms with Gasteiger partial charge in [-0.3, -0.25) is 16.3 Å². The third-order valence-corrected chi connectivity index (χ3v) is 3.27. The van der Waals surface area contributed by atoms with Gasteiger partial charge in [-0.25, -0.2) is 0 Å². The molecule has 1 atom stereocenters. The lowest BCUT2D eigenvalue weighted by atomic mass is 9.97. The largest absolute Gasteiger partial charge is 0.496 e. The molecule has 2 rings (SSSR count). The first-order chi connectivity index (χ1) is 9.26. The number of aryl methyl sites for hydroxylation is 1. The molecule has 0 aliphatic rings. The average molecular weight is 257 g/mol. The second-order valence-electron chi connectivity index (χ2n) is 4.47. The molecule has 2 aromatic rings. The number of hydrazine groups is 1. The molecule has 3 N–H and O–H groups in total. The van der Waals surface area contributed by atoms with Crippen LogP contribution in [0.1, 0.15) is 22.7 Å². The van der Waals surface area contributed by atoms with Crippen LogP contribution in [0.2, 0.25) is 0 Å². The Hall–Kier alpha value is -1.91. The van der Waals surface area contributed by atoms with Gasteiger partial charge in [-0.15, -0.1) is 0 Å². The van der Waals surface area contributed by atoms with Gasteiger partial charge in [0.05, 0.1) is 13.2 Å². The molecule has 0 saturated heterocycles. The highest BCUT2D eigenvalue weighted by Crippen LogP contribution is 2.25. The zero-order chi connectivity index (χ0) is 13.7. The molecule has 1 unspecified atom stereocenters. The van der Waals surface area contributed by atoms with Crippen LogP contribution in [0.3, 0.4) is 0 Å². The molecule has 1 heterocycles. The maximum Gasteiger partial charge on any atom is 0.122 e. The number of rotatable bonds is 5. The number of benzene rings is 1. The summed E-state index contributed by atoms with van der Waals surface area (Å²) in [5.74, 6) is 6.57. The van der Waals surface area contributed by atoms with E-state index >= 15 is 0 Å². The van der Waals surface area contributed by atoms with Crippen molar-refractivity contribution in [2.75, 3.05) is 7.11 Å². The highest BCUT2D eigenvalue weighted by molar-refractivity contribution is 5.36. The van der Waals surface area contributed by atoms with E-state index in [1.165, 1.54) is 5.56 Å². The lowest BCUT2D eigenvalue weighted by Crippen LogP contribution is -2.30. The summed E-state index contributed by atoms with van der Waals surface area (Å²) >= 11 is 0. The summed E-state index contributed by atoms with van der Waals surface area (Å²) in [5.41, 5.74) is 6.27. The van der Waals surface area contributed by atoms with Crippen molar-refractivity contribution in [1.29, 1.82) is 0 Å². The first-order valence-corrected chi connectivity index (χ1v) is 6.24.